The van der Waals surface area contributed by atoms with Crippen molar-refractivity contribution in [2.24, 2.45) is 0 Å². The summed E-state index contributed by atoms with van der Waals surface area (Å²) >= 11 is 0. The van der Waals surface area contributed by atoms with Crippen LogP contribution in [0.15, 0.2) is 211 Å². The van der Waals surface area contributed by atoms with Gasteiger partial charge in [0.15, 0.2) is 5.58 Å². The maximum Gasteiger partial charge on any atom is 0.159 e. The van der Waals surface area contributed by atoms with E-state index in [4.69, 9.17) is 4.42 Å². The lowest BCUT2D eigenvalue weighted by Gasteiger charge is -2.25. The molecule has 0 unspecified atom stereocenters. The predicted molar refractivity (Wildman–Crippen MR) is 219 cm³/mol. The van der Waals surface area contributed by atoms with Crippen LogP contribution in [0.2, 0.25) is 0 Å². The Morgan fingerprint density at radius 3 is 1.71 bits per heavy atom. The van der Waals surface area contributed by atoms with E-state index in [-0.39, 0.29) is 0 Å². The SMILES string of the molecule is C1=CCC=C(c2ccc(N(c3ccccc3)c3ccc4c(c3)oc3c(N(c5ccccc5)c5ccc(-c6ccccc6)cc5)cccc34)cc2)C=C1. The topological polar surface area (TPSA) is 19.6 Å². The lowest BCUT2D eigenvalue weighted by molar-refractivity contribution is 0.669. The largest absolute Gasteiger partial charge is 0.454 e. The fraction of sp³-hybridized carbons (Fsp3) is 0.0204. The second kappa shape index (κ2) is 13.8. The van der Waals surface area contributed by atoms with Crippen molar-refractivity contribution in [3.05, 3.63) is 212 Å². The third-order valence-electron chi connectivity index (χ3n) is 9.68. The highest BCUT2D eigenvalue weighted by molar-refractivity contribution is 6.11. The first-order valence-electron chi connectivity index (χ1n) is 17.8. The van der Waals surface area contributed by atoms with Gasteiger partial charge in [0, 0.05) is 45.3 Å². The van der Waals surface area contributed by atoms with Gasteiger partial charge in [0.2, 0.25) is 0 Å². The molecule has 1 heterocycles. The van der Waals surface area contributed by atoms with Crippen molar-refractivity contribution >= 4 is 61.6 Å². The van der Waals surface area contributed by atoms with Crippen molar-refractivity contribution in [3.8, 4) is 11.1 Å². The Bertz CT molecular complexity index is 2560. The molecule has 248 valence electrons. The molecule has 0 N–H and O–H groups in total. The molecular weight excluding hydrogens is 633 g/mol. The summed E-state index contributed by atoms with van der Waals surface area (Å²) in [6, 6.07) is 62.1. The number of furan rings is 1. The Labute approximate surface area is 304 Å². The van der Waals surface area contributed by atoms with Crippen LogP contribution in [0.1, 0.15) is 12.0 Å². The summed E-state index contributed by atoms with van der Waals surface area (Å²) in [4.78, 5) is 4.58. The standard InChI is InChI=1S/C49H36N2O/c1-2-7-16-36(15-6-1)38-25-29-42(30-26-38)50(40-19-10-4-11-20-40)44-33-34-45-46-23-14-24-47(49(46)52-48(45)35-44)51(41-21-12-5-13-22-41)43-31-27-39(28-32-43)37-17-8-3-9-18-37/h1-6,8-35H,7H2. The summed E-state index contributed by atoms with van der Waals surface area (Å²) in [5, 5.41) is 2.16. The van der Waals surface area contributed by atoms with E-state index in [0.29, 0.717) is 0 Å². The van der Waals surface area contributed by atoms with Crippen LogP contribution in [-0.2, 0) is 0 Å². The Morgan fingerprint density at radius 2 is 1.00 bits per heavy atom. The zero-order valence-electron chi connectivity index (χ0n) is 28.6. The van der Waals surface area contributed by atoms with Crippen molar-refractivity contribution in [3.63, 3.8) is 0 Å². The van der Waals surface area contributed by atoms with Crippen LogP contribution in [-0.4, -0.2) is 0 Å². The van der Waals surface area contributed by atoms with Gasteiger partial charge in [-0.1, -0.05) is 134 Å². The van der Waals surface area contributed by atoms with Crippen LogP contribution in [0, 0.1) is 0 Å². The maximum absolute atomic E-state index is 6.88. The van der Waals surface area contributed by atoms with Crippen molar-refractivity contribution < 1.29 is 4.42 Å². The minimum atomic E-state index is 0.839. The zero-order chi connectivity index (χ0) is 34.7. The molecule has 0 amide bonds. The van der Waals surface area contributed by atoms with Gasteiger partial charge < -0.3 is 14.2 Å². The number of hydrogen-bond acceptors (Lipinski definition) is 3. The fourth-order valence-corrected chi connectivity index (χ4v) is 7.15. The molecule has 0 radical (unpaired) electrons. The van der Waals surface area contributed by atoms with E-state index in [1.54, 1.807) is 0 Å². The molecule has 3 heteroatoms. The van der Waals surface area contributed by atoms with Crippen molar-refractivity contribution in [2.75, 3.05) is 9.80 Å². The Balaban J connectivity index is 1.14. The number of allylic oxidation sites excluding steroid dienone is 6. The second-order valence-corrected chi connectivity index (χ2v) is 12.9. The van der Waals surface area contributed by atoms with Crippen molar-refractivity contribution in [1.82, 2.24) is 0 Å². The van der Waals surface area contributed by atoms with Crippen molar-refractivity contribution in [2.45, 2.75) is 6.42 Å². The van der Waals surface area contributed by atoms with Crippen LogP contribution < -0.4 is 9.80 Å². The minimum absolute atomic E-state index is 0.839. The second-order valence-electron chi connectivity index (χ2n) is 12.9. The Kier molecular flexibility index (Phi) is 8.28. The van der Waals surface area contributed by atoms with Gasteiger partial charge in [0.25, 0.3) is 0 Å². The van der Waals surface area contributed by atoms with E-state index < -0.39 is 0 Å². The number of benzene rings is 7. The maximum atomic E-state index is 6.88. The van der Waals surface area contributed by atoms with E-state index in [2.05, 4.69) is 216 Å². The molecule has 0 aliphatic heterocycles. The quantitative estimate of drug-likeness (QED) is 0.161. The van der Waals surface area contributed by atoms with Gasteiger partial charge in [-0.3, -0.25) is 0 Å². The molecule has 7 aromatic carbocycles. The zero-order valence-corrected chi connectivity index (χ0v) is 28.6. The smallest absolute Gasteiger partial charge is 0.159 e. The van der Waals surface area contributed by atoms with Crippen LogP contribution >= 0.6 is 0 Å². The van der Waals surface area contributed by atoms with E-state index in [9.17, 15) is 0 Å². The number of para-hydroxylation sites is 3. The highest BCUT2D eigenvalue weighted by atomic mass is 16.3. The summed E-state index contributed by atoms with van der Waals surface area (Å²) in [6.07, 6.45) is 11.8. The Morgan fingerprint density at radius 1 is 0.423 bits per heavy atom. The number of fused-ring (bicyclic) bond motifs is 3. The summed E-state index contributed by atoms with van der Waals surface area (Å²) < 4.78 is 6.88. The molecule has 9 rings (SSSR count). The van der Waals surface area contributed by atoms with Crippen LogP contribution in [0.4, 0.5) is 34.1 Å². The van der Waals surface area contributed by atoms with Crippen LogP contribution in [0.5, 0.6) is 0 Å². The first-order valence-corrected chi connectivity index (χ1v) is 17.8. The predicted octanol–water partition coefficient (Wildman–Crippen LogP) is 14.1. The van der Waals surface area contributed by atoms with Crippen LogP contribution in [0.3, 0.4) is 0 Å². The van der Waals surface area contributed by atoms with E-state index in [1.165, 1.54) is 22.3 Å². The molecule has 0 saturated carbocycles. The average Bonchev–Trinajstić information content (AvgIpc) is 3.37. The van der Waals surface area contributed by atoms with E-state index in [1.807, 2.05) is 0 Å². The van der Waals surface area contributed by atoms with Gasteiger partial charge in [-0.15, -0.1) is 0 Å². The molecule has 1 aliphatic carbocycles. The summed E-state index contributed by atoms with van der Waals surface area (Å²) in [5.74, 6) is 0. The van der Waals surface area contributed by atoms with E-state index in [0.717, 1.165) is 62.5 Å². The van der Waals surface area contributed by atoms with Gasteiger partial charge in [-0.2, -0.15) is 0 Å². The average molecular weight is 669 g/mol. The number of hydrogen-bond donors (Lipinski definition) is 0. The normalized spacial score (nSPS) is 12.5. The third kappa shape index (κ3) is 5.99. The lowest BCUT2D eigenvalue weighted by Crippen LogP contribution is -2.10. The molecule has 1 aliphatic rings. The van der Waals surface area contributed by atoms with Gasteiger partial charge in [-0.05, 0) is 95.4 Å². The molecule has 0 spiro atoms. The molecule has 8 aromatic rings. The molecule has 0 atom stereocenters. The van der Waals surface area contributed by atoms with Gasteiger partial charge >= 0.3 is 0 Å². The van der Waals surface area contributed by atoms with Crippen LogP contribution in [0.25, 0.3) is 38.6 Å². The summed E-state index contributed by atoms with van der Waals surface area (Å²) in [5.41, 5.74) is 12.8. The highest BCUT2D eigenvalue weighted by Gasteiger charge is 2.21. The fourth-order valence-electron chi connectivity index (χ4n) is 7.15. The first-order chi connectivity index (χ1) is 25.8. The van der Waals surface area contributed by atoms with Crippen molar-refractivity contribution in [1.29, 1.82) is 0 Å². The lowest BCUT2D eigenvalue weighted by atomic mass is 10.0. The van der Waals surface area contributed by atoms with Gasteiger partial charge in [0.1, 0.15) is 5.58 Å². The molecule has 0 fully saturated rings. The molecule has 0 bridgehead atoms. The molecular formula is C49H36N2O. The molecule has 3 nitrogen and oxygen atoms in total. The summed E-state index contributed by atoms with van der Waals surface area (Å²) in [7, 11) is 0. The van der Waals surface area contributed by atoms with E-state index >= 15 is 0 Å². The highest BCUT2D eigenvalue weighted by Crippen LogP contribution is 2.44. The van der Waals surface area contributed by atoms with Gasteiger partial charge in [-0.25, -0.2) is 0 Å². The van der Waals surface area contributed by atoms with Gasteiger partial charge in [0.05, 0.1) is 5.69 Å². The first kappa shape index (κ1) is 31.2. The molecule has 0 saturated heterocycles. The molecule has 1 aromatic heterocycles. The number of rotatable bonds is 8. The monoisotopic (exact) mass is 668 g/mol. The summed E-state index contributed by atoms with van der Waals surface area (Å²) in [6.45, 7) is 0. The number of anilines is 6. The molecule has 52 heavy (non-hydrogen) atoms. The minimum Gasteiger partial charge on any atom is -0.454 e. The Hall–Kier alpha value is -6.84. The number of nitrogens with zero attached hydrogens (tertiary/aromatic N) is 2. The third-order valence-corrected chi connectivity index (χ3v) is 9.68.